The molecule has 13 heteroatoms. The normalized spacial score (nSPS) is 18.8. The van der Waals surface area contributed by atoms with Crippen LogP contribution in [0.5, 0.6) is 0 Å². The van der Waals surface area contributed by atoms with E-state index in [2.05, 4.69) is 25.6 Å². The van der Waals surface area contributed by atoms with E-state index in [1.807, 2.05) is 125 Å². The second kappa shape index (κ2) is 17.8. The Morgan fingerprint density at radius 1 is 0.538 bits per heavy atom. The van der Waals surface area contributed by atoms with Gasteiger partial charge in [-0.1, -0.05) is 123 Å². The van der Waals surface area contributed by atoms with Crippen molar-refractivity contribution in [3.63, 3.8) is 0 Å². The lowest BCUT2D eigenvalue weighted by Gasteiger charge is -2.52. The van der Waals surface area contributed by atoms with Crippen LogP contribution in [0.15, 0.2) is 150 Å². The number of benzene rings is 6. The Kier molecular flexibility index (Phi) is 12.2. The minimum absolute atomic E-state index is 0.174. The molecule has 4 heterocycles. The van der Waals surface area contributed by atoms with Crippen LogP contribution in [-0.4, -0.2) is 60.6 Å². The lowest BCUT2D eigenvalue weighted by molar-refractivity contribution is -0.153. The third-order valence-electron chi connectivity index (χ3n) is 12.0. The van der Waals surface area contributed by atoms with Crippen molar-refractivity contribution < 1.29 is 29.0 Å². The molecule has 4 aliphatic heterocycles. The Labute approximate surface area is 386 Å². The molecule has 4 aliphatic rings. The molecule has 0 bridgehead atoms. The van der Waals surface area contributed by atoms with Gasteiger partial charge in [0.05, 0.1) is 45.3 Å². The zero-order valence-electron chi connectivity index (χ0n) is 36.2. The van der Waals surface area contributed by atoms with Gasteiger partial charge < -0.3 is 14.6 Å². The summed E-state index contributed by atoms with van der Waals surface area (Å²) in [4.78, 5) is 52.8. The predicted octanol–water partition coefficient (Wildman–Crippen LogP) is 11.0. The molecule has 6 aromatic carbocycles. The highest BCUT2D eigenvalue weighted by molar-refractivity contribution is 9.10. The number of ether oxygens (including phenoxy) is 2. The highest BCUT2D eigenvalue weighted by Crippen LogP contribution is 2.54. The highest BCUT2D eigenvalue weighted by atomic mass is 79.9. The lowest BCUT2D eigenvalue weighted by atomic mass is 9.78. The first-order valence-corrected chi connectivity index (χ1v) is 21.6. The van der Waals surface area contributed by atoms with E-state index < -0.39 is 16.8 Å². The summed E-state index contributed by atoms with van der Waals surface area (Å²) in [5.41, 5.74) is 4.76. The van der Waals surface area contributed by atoms with E-state index in [0.717, 1.165) is 32.4 Å². The fraction of sp³-hybridized carbons (Fsp3) is 0.212. The quantitative estimate of drug-likeness (QED) is 0.136. The molecule has 10 rings (SSSR count). The SMILES string of the molecule is Cc1ccc(N2C(=O)N(c3ccc(C)cc3)C3(COC3)C2=O)cc1.[C-]#[N+]c1cccc(Br)c1.[C-]#[N+]c1cccc(C2(O)N(c3ccc(C)cc3)C(=O)N(c3ccc(C)cc3)C23COC3)c1. The molecule has 6 aromatic rings. The molecule has 0 radical (unpaired) electrons. The van der Waals surface area contributed by atoms with Crippen molar-refractivity contribution >= 4 is 68.0 Å². The van der Waals surface area contributed by atoms with Gasteiger partial charge in [0, 0.05) is 21.5 Å². The van der Waals surface area contributed by atoms with Crippen molar-refractivity contribution in [1.29, 1.82) is 0 Å². The summed E-state index contributed by atoms with van der Waals surface area (Å²) in [6.45, 7) is 22.8. The van der Waals surface area contributed by atoms with Gasteiger partial charge in [0.1, 0.15) is 5.54 Å². The van der Waals surface area contributed by atoms with Crippen molar-refractivity contribution in [2.75, 3.05) is 46.0 Å². The molecule has 2 spiro atoms. The first-order chi connectivity index (χ1) is 31.3. The van der Waals surface area contributed by atoms with Crippen LogP contribution in [0.1, 0.15) is 27.8 Å². The number of rotatable bonds is 5. The second-order valence-corrected chi connectivity index (χ2v) is 17.4. The summed E-state index contributed by atoms with van der Waals surface area (Å²) in [6.07, 6.45) is 0. The number of amides is 5. The molecule has 12 nitrogen and oxygen atoms in total. The van der Waals surface area contributed by atoms with Gasteiger partial charge in [-0.2, -0.15) is 0 Å². The maximum absolute atomic E-state index is 14.0. The average Bonchev–Trinajstić information content (AvgIpc) is 3.66. The van der Waals surface area contributed by atoms with E-state index in [4.69, 9.17) is 22.6 Å². The molecule has 65 heavy (non-hydrogen) atoms. The van der Waals surface area contributed by atoms with Crippen LogP contribution in [0.4, 0.5) is 43.7 Å². The fourth-order valence-corrected chi connectivity index (χ4v) is 8.77. The Morgan fingerprint density at radius 3 is 1.38 bits per heavy atom. The molecule has 5 amide bonds. The van der Waals surface area contributed by atoms with Gasteiger partial charge in [-0.25, -0.2) is 24.2 Å². The van der Waals surface area contributed by atoms with E-state index in [0.29, 0.717) is 34.0 Å². The van der Waals surface area contributed by atoms with Crippen LogP contribution < -0.4 is 19.6 Å². The van der Waals surface area contributed by atoms with Crippen LogP contribution in [0, 0.1) is 40.8 Å². The van der Waals surface area contributed by atoms with E-state index in [1.165, 1.54) is 9.80 Å². The summed E-state index contributed by atoms with van der Waals surface area (Å²) >= 11 is 3.26. The van der Waals surface area contributed by atoms with Crippen LogP contribution in [0.3, 0.4) is 0 Å². The van der Waals surface area contributed by atoms with E-state index in [1.54, 1.807) is 58.3 Å². The van der Waals surface area contributed by atoms with Gasteiger partial charge in [0.2, 0.25) is 0 Å². The number of imide groups is 1. The number of nitrogens with zero attached hydrogens (tertiary/aromatic N) is 6. The smallest absolute Gasteiger partial charge is 0.337 e. The zero-order valence-corrected chi connectivity index (χ0v) is 37.8. The third-order valence-corrected chi connectivity index (χ3v) is 12.5. The number of anilines is 4. The highest BCUT2D eigenvalue weighted by Gasteiger charge is 2.72. The summed E-state index contributed by atoms with van der Waals surface area (Å²) in [6, 6.07) is 43.7. The number of aryl methyl sites for hydroxylation is 4. The largest absolute Gasteiger partial charge is 0.376 e. The average molecular weight is 930 g/mol. The van der Waals surface area contributed by atoms with Crippen molar-refractivity contribution in [2.45, 2.75) is 44.5 Å². The molecule has 1 unspecified atom stereocenters. The molecule has 0 aromatic heterocycles. The monoisotopic (exact) mass is 928 g/mol. The van der Waals surface area contributed by atoms with Gasteiger partial charge in [-0.05, 0) is 93.9 Å². The molecular formula is C52H45BrN6O6. The molecule has 0 aliphatic carbocycles. The third kappa shape index (κ3) is 7.83. The molecule has 4 saturated heterocycles. The van der Waals surface area contributed by atoms with Crippen LogP contribution in [0.25, 0.3) is 9.69 Å². The molecule has 1 N–H and O–H groups in total. The first kappa shape index (κ1) is 44.5. The molecule has 0 saturated carbocycles. The Bertz CT molecular complexity index is 2850. The predicted molar refractivity (Wildman–Crippen MR) is 255 cm³/mol. The van der Waals surface area contributed by atoms with Gasteiger partial charge in [-0.15, -0.1) is 0 Å². The van der Waals surface area contributed by atoms with E-state index in [9.17, 15) is 19.5 Å². The van der Waals surface area contributed by atoms with Crippen molar-refractivity contribution in [2.24, 2.45) is 0 Å². The summed E-state index contributed by atoms with van der Waals surface area (Å²) in [5, 5.41) is 12.5. The Hall–Kier alpha value is -7.13. The number of urea groups is 2. The van der Waals surface area contributed by atoms with Gasteiger partial charge >= 0.3 is 12.1 Å². The minimum Gasteiger partial charge on any atom is -0.376 e. The standard InChI is InChI=1S/C26H23N3O3.C19H18N2O3.C7H4BrN/c1-18-7-11-22(12-8-18)28-24(30)29(23-13-9-19(2)10-14-23)26(31,25(28)16-32-17-25)20-5-4-6-21(15-20)27-3;1-13-3-7-15(8-4-13)20-17(22)19(11-24-12-19)21(18(20)23)16-9-5-14(2)6-10-16;1-9-7-4-2-3-6(8)5-7/h4-15,31H,16-17H2,1-2H3;3-10H,11-12H2,1-2H3;2-5H. The number of hydrogen-bond acceptors (Lipinski definition) is 6. The van der Waals surface area contributed by atoms with Crippen LogP contribution >= 0.6 is 15.9 Å². The number of carbonyl (C=O) groups is 3. The Balaban J connectivity index is 0.000000153. The number of aliphatic hydroxyl groups is 1. The number of carbonyl (C=O) groups excluding carboxylic acids is 3. The molecule has 1 atom stereocenters. The van der Waals surface area contributed by atoms with Gasteiger partial charge in [-0.3, -0.25) is 19.5 Å². The molecule has 4 fully saturated rings. The van der Waals surface area contributed by atoms with E-state index >= 15 is 0 Å². The van der Waals surface area contributed by atoms with Crippen molar-refractivity contribution in [3.05, 3.63) is 201 Å². The molecular weight excluding hydrogens is 885 g/mol. The van der Waals surface area contributed by atoms with Gasteiger partial charge in [0.25, 0.3) is 5.91 Å². The Morgan fingerprint density at radius 2 is 0.969 bits per heavy atom. The van der Waals surface area contributed by atoms with Gasteiger partial charge in [0.15, 0.2) is 22.6 Å². The topological polar surface area (TPSA) is 112 Å². The van der Waals surface area contributed by atoms with Crippen molar-refractivity contribution in [3.8, 4) is 0 Å². The second-order valence-electron chi connectivity index (χ2n) is 16.5. The summed E-state index contributed by atoms with van der Waals surface area (Å²) in [5.74, 6) is -0.219. The number of hydrogen-bond donors (Lipinski definition) is 1. The first-order valence-electron chi connectivity index (χ1n) is 20.8. The lowest BCUT2D eigenvalue weighted by Crippen LogP contribution is -2.70. The van der Waals surface area contributed by atoms with E-state index in [-0.39, 0.29) is 44.4 Å². The van der Waals surface area contributed by atoms with Crippen molar-refractivity contribution in [1.82, 2.24) is 0 Å². The zero-order chi connectivity index (χ0) is 46.1. The molecule has 326 valence electrons. The van der Waals surface area contributed by atoms with Crippen LogP contribution in [0.2, 0.25) is 0 Å². The maximum Gasteiger partial charge on any atom is 0.337 e. The minimum atomic E-state index is -1.73. The fourth-order valence-electron chi connectivity index (χ4n) is 8.38. The van der Waals surface area contributed by atoms with Crippen LogP contribution in [-0.2, 0) is 20.0 Å². The number of halogens is 1. The summed E-state index contributed by atoms with van der Waals surface area (Å²) in [7, 11) is 0. The summed E-state index contributed by atoms with van der Waals surface area (Å²) < 4.78 is 11.9. The maximum atomic E-state index is 14.0.